The van der Waals surface area contributed by atoms with Crippen molar-refractivity contribution in [2.24, 2.45) is 0 Å². The lowest BCUT2D eigenvalue weighted by atomic mass is 10.0. The van der Waals surface area contributed by atoms with Crippen LogP contribution in [0.1, 0.15) is 15.9 Å². The van der Waals surface area contributed by atoms with Crippen LogP contribution in [0.25, 0.3) is 0 Å². The van der Waals surface area contributed by atoms with Crippen molar-refractivity contribution in [3.8, 4) is 0 Å². The summed E-state index contributed by atoms with van der Waals surface area (Å²) in [5, 5.41) is 0. The van der Waals surface area contributed by atoms with Crippen LogP contribution in [0, 0.1) is 0 Å². The average molecular weight is 262 g/mol. The summed E-state index contributed by atoms with van der Waals surface area (Å²) in [5.74, 6) is -0.231. The Bertz CT molecular complexity index is 677. The van der Waals surface area contributed by atoms with Gasteiger partial charge in [-0.2, -0.15) is 0 Å². The Labute approximate surface area is 104 Å². The fourth-order valence-corrected chi connectivity index (χ4v) is 3.69. The third-order valence-corrected chi connectivity index (χ3v) is 4.71. The largest absolute Gasteiger partial charge is 0.412 e. The van der Waals surface area contributed by atoms with Crippen molar-refractivity contribution in [2.45, 2.75) is 9.79 Å². The average Bonchev–Trinajstić information content (AvgIpc) is 2.37. The van der Waals surface area contributed by atoms with Crippen molar-refractivity contribution < 1.29 is 18.7 Å². The van der Waals surface area contributed by atoms with Crippen LogP contribution in [0.4, 0.5) is 0 Å². The third kappa shape index (κ3) is 1.48. The van der Waals surface area contributed by atoms with Gasteiger partial charge >= 0.3 is 0 Å². The second kappa shape index (κ2) is 4.04. The highest BCUT2D eigenvalue weighted by Crippen LogP contribution is 2.33. The minimum atomic E-state index is -3.56. The maximum atomic E-state index is 12.3. The Hall–Kier alpha value is -1.98. The standard InChI is InChI=1S/C13H8O3S.H2O/c14-13-9-5-1-3-7-11(9)17(15,16)12-8-4-2-6-10(12)13;/h1-8H;1H2. The zero-order valence-corrected chi connectivity index (χ0v) is 10.1. The number of carbonyl (C=O) groups excluding carboxylic acids is 1. The Kier molecular flexibility index (Phi) is 2.80. The molecule has 0 fully saturated rings. The first-order valence-corrected chi connectivity index (χ1v) is 6.58. The normalized spacial score (nSPS) is 15.2. The van der Waals surface area contributed by atoms with Gasteiger partial charge in [-0.05, 0) is 24.3 Å². The number of fused-ring (bicyclic) bond motifs is 2. The van der Waals surface area contributed by atoms with Crippen LogP contribution in [0.15, 0.2) is 58.3 Å². The molecule has 3 rings (SSSR count). The first-order valence-electron chi connectivity index (χ1n) is 5.10. The van der Waals surface area contributed by atoms with Gasteiger partial charge in [0.05, 0.1) is 9.79 Å². The van der Waals surface area contributed by atoms with E-state index in [-0.39, 0.29) is 32.2 Å². The molecule has 5 heteroatoms. The quantitative estimate of drug-likeness (QED) is 0.611. The molecular weight excluding hydrogens is 252 g/mol. The molecule has 0 aliphatic carbocycles. The van der Waals surface area contributed by atoms with Gasteiger partial charge in [0.1, 0.15) is 0 Å². The molecule has 0 aromatic heterocycles. The topological polar surface area (TPSA) is 82.7 Å². The number of hydrogen-bond donors (Lipinski definition) is 0. The van der Waals surface area contributed by atoms with E-state index in [1.165, 1.54) is 12.1 Å². The van der Waals surface area contributed by atoms with Gasteiger partial charge in [-0.25, -0.2) is 8.42 Å². The minimum absolute atomic E-state index is 0. The summed E-state index contributed by atoms with van der Waals surface area (Å²) in [6.07, 6.45) is 0. The first kappa shape index (κ1) is 12.5. The molecule has 0 radical (unpaired) electrons. The van der Waals surface area contributed by atoms with E-state index >= 15 is 0 Å². The first-order chi connectivity index (χ1) is 8.12. The molecule has 0 amide bonds. The van der Waals surface area contributed by atoms with Crippen LogP contribution < -0.4 is 0 Å². The van der Waals surface area contributed by atoms with Gasteiger partial charge in [-0.3, -0.25) is 4.79 Å². The van der Waals surface area contributed by atoms with Crippen LogP contribution in [0.2, 0.25) is 0 Å². The molecule has 1 aliphatic rings. The van der Waals surface area contributed by atoms with Gasteiger partial charge in [-0.15, -0.1) is 0 Å². The Morgan fingerprint density at radius 2 is 1.11 bits per heavy atom. The maximum absolute atomic E-state index is 12.3. The van der Waals surface area contributed by atoms with Gasteiger partial charge in [0.15, 0.2) is 5.78 Å². The summed E-state index contributed by atoms with van der Waals surface area (Å²) < 4.78 is 24.6. The van der Waals surface area contributed by atoms with Crippen molar-refractivity contribution in [3.63, 3.8) is 0 Å². The summed E-state index contributed by atoms with van der Waals surface area (Å²) in [5.41, 5.74) is 0.511. The van der Waals surface area contributed by atoms with Crippen LogP contribution in [-0.2, 0) is 9.84 Å². The van der Waals surface area contributed by atoms with E-state index in [0.717, 1.165) is 0 Å². The van der Waals surface area contributed by atoms with E-state index in [2.05, 4.69) is 0 Å². The SMILES string of the molecule is O.O=C1c2ccccc2S(=O)(=O)c2ccccc21. The molecule has 0 spiro atoms. The second-order valence-electron chi connectivity index (χ2n) is 3.82. The highest BCUT2D eigenvalue weighted by molar-refractivity contribution is 7.91. The van der Waals surface area contributed by atoms with Gasteiger partial charge in [0, 0.05) is 11.1 Å². The Morgan fingerprint density at radius 1 is 0.722 bits per heavy atom. The smallest absolute Gasteiger partial charge is 0.208 e. The number of sulfone groups is 1. The molecule has 92 valence electrons. The van der Waals surface area contributed by atoms with Gasteiger partial charge in [0.2, 0.25) is 9.84 Å². The summed E-state index contributed by atoms with van der Waals surface area (Å²) in [6, 6.07) is 12.6. The lowest BCUT2D eigenvalue weighted by molar-refractivity contribution is 0.103. The van der Waals surface area contributed by atoms with E-state index in [0.29, 0.717) is 0 Å². The monoisotopic (exact) mass is 262 g/mol. The lowest BCUT2D eigenvalue weighted by Crippen LogP contribution is -2.19. The molecule has 2 N–H and O–H groups in total. The summed E-state index contributed by atoms with van der Waals surface area (Å²) in [7, 11) is -3.56. The summed E-state index contributed by atoms with van der Waals surface area (Å²) in [6.45, 7) is 0. The number of ketones is 1. The zero-order chi connectivity index (χ0) is 12.0. The van der Waals surface area contributed by atoms with Crippen molar-refractivity contribution in [1.82, 2.24) is 0 Å². The highest BCUT2D eigenvalue weighted by atomic mass is 32.2. The second-order valence-corrected chi connectivity index (χ2v) is 5.71. The molecule has 0 saturated heterocycles. The van der Waals surface area contributed by atoms with Crippen molar-refractivity contribution in [2.75, 3.05) is 0 Å². The van der Waals surface area contributed by atoms with E-state index in [4.69, 9.17) is 0 Å². The minimum Gasteiger partial charge on any atom is -0.412 e. The van der Waals surface area contributed by atoms with Crippen LogP contribution >= 0.6 is 0 Å². The number of rotatable bonds is 0. The summed E-state index contributed by atoms with van der Waals surface area (Å²) >= 11 is 0. The van der Waals surface area contributed by atoms with Crippen LogP contribution in [0.5, 0.6) is 0 Å². The summed E-state index contributed by atoms with van der Waals surface area (Å²) in [4.78, 5) is 12.3. The molecule has 1 heterocycles. The van der Waals surface area contributed by atoms with E-state index in [1.807, 2.05) is 0 Å². The van der Waals surface area contributed by atoms with Gasteiger partial charge in [-0.1, -0.05) is 24.3 Å². The molecule has 18 heavy (non-hydrogen) atoms. The van der Waals surface area contributed by atoms with Crippen LogP contribution in [-0.4, -0.2) is 19.7 Å². The van der Waals surface area contributed by atoms with Crippen molar-refractivity contribution in [3.05, 3.63) is 59.7 Å². The van der Waals surface area contributed by atoms with Gasteiger partial charge in [0.25, 0.3) is 0 Å². The molecule has 2 aromatic rings. The molecule has 0 unspecified atom stereocenters. The number of hydrogen-bond acceptors (Lipinski definition) is 3. The molecule has 0 atom stereocenters. The lowest BCUT2D eigenvalue weighted by Gasteiger charge is -2.17. The van der Waals surface area contributed by atoms with Crippen molar-refractivity contribution in [1.29, 1.82) is 0 Å². The fraction of sp³-hybridized carbons (Fsp3) is 0. The molecule has 4 nitrogen and oxygen atoms in total. The number of carbonyl (C=O) groups is 1. The molecule has 0 bridgehead atoms. The Balaban J connectivity index is 0.00000120. The Morgan fingerprint density at radius 3 is 1.56 bits per heavy atom. The maximum Gasteiger partial charge on any atom is 0.208 e. The van der Waals surface area contributed by atoms with E-state index in [1.54, 1.807) is 36.4 Å². The molecular formula is C13H10O4S. The molecule has 1 aliphatic heterocycles. The zero-order valence-electron chi connectivity index (χ0n) is 9.25. The van der Waals surface area contributed by atoms with Crippen LogP contribution in [0.3, 0.4) is 0 Å². The highest BCUT2D eigenvalue weighted by Gasteiger charge is 2.33. The molecule has 2 aromatic carbocycles. The predicted molar refractivity (Wildman–Crippen MR) is 65.4 cm³/mol. The van der Waals surface area contributed by atoms with E-state index < -0.39 is 9.84 Å². The fourth-order valence-electron chi connectivity index (χ4n) is 2.04. The predicted octanol–water partition coefficient (Wildman–Crippen LogP) is 1.24. The van der Waals surface area contributed by atoms with E-state index in [9.17, 15) is 13.2 Å². The third-order valence-electron chi connectivity index (χ3n) is 2.84. The molecule has 0 saturated carbocycles. The number of benzene rings is 2. The van der Waals surface area contributed by atoms with Crippen molar-refractivity contribution >= 4 is 15.6 Å². The van der Waals surface area contributed by atoms with Gasteiger partial charge < -0.3 is 5.48 Å².